The number of nitrogens with one attached hydrogen (secondary N) is 14. The Bertz CT molecular complexity index is 3610. The number of piperidine rings is 1. The fourth-order valence-electron chi connectivity index (χ4n) is 16.9. The molecule has 34 heteroatoms. The highest BCUT2D eigenvalue weighted by atomic mass is 32.2. The Balaban J connectivity index is 1.27. The van der Waals surface area contributed by atoms with Gasteiger partial charge in [0.15, 0.2) is 5.78 Å². The number of carboxylic acid groups (broad SMARTS) is 1. The molecule has 119 heavy (non-hydrogen) atoms. The molecule has 5 fully saturated rings. The highest BCUT2D eigenvalue weighted by Crippen LogP contribution is 2.35. The second-order valence-corrected chi connectivity index (χ2v) is 37.4. The van der Waals surface area contributed by atoms with Crippen molar-refractivity contribution in [2.24, 2.45) is 40.7 Å². The lowest BCUT2D eigenvalue weighted by Gasteiger charge is -2.35. The number of aliphatic hydroxyl groups is 3. The fraction of sp³-hybridized carbons (Fsp3) is 0.729. The summed E-state index contributed by atoms with van der Waals surface area (Å²) >= 11 is 2.89. The Morgan fingerprint density at radius 1 is 0.622 bits per heavy atom. The first-order valence-electron chi connectivity index (χ1n) is 43.0. The predicted octanol–water partition coefficient (Wildman–Crippen LogP) is 2.78. The van der Waals surface area contributed by atoms with Crippen LogP contribution in [0.25, 0.3) is 0 Å². The van der Waals surface area contributed by atoms with Crippen molar-refractivity contribution in [1.82, 2.24) is 74.4 Å². The number of primary amides is 1. The van der Waals surface area contributed by atoms with Gasteiger partial charge in [-0.05, 0) is 215 Å². The summed E-state index contributed by atoms with van der Waals surface area (Å²) < 4.78 is 0. The number of hydrogen-bond donors (Lipinski definition) is 19. The van der Waals surface area contributed by atoms with Gasteiger partial charge in [-0.25, -0.2) is 0 Å². The number of carbonyl (C=O) groups excluding carboxylic acids is 12. The van der Waals surface area contributed by atoms with Gasteiger partial charge in [-0.2, -0.15) is 23.5 Å². The number of carbonyl (C=O) groups is 13. The molecule has 3 saturated heterocycles. The van der Waals surface area contributed by atoms with Crippen LogP contribution in [-0.4, -0.2) is 225 Å². The van der Waals surface area contributed by atoms with E-state index in [1.165, 1.54) is 37.4 Å². The fourth-order valence-corrected chi connectivity index (χ4v) is 18.9. The van der Waals surface area contributed by atoms with Gasteiger partial charge >= 0.3 is 5.97 Å². The van der Waals surface area contributed by atoms with Gasteiger partial charge in [0.05, 0.1) is 35.9 Å². The van der Waals surface area contributed by atoms with Crippen LogP contribution in [0.15, 0.2) is 49.6 Å². The molecule has 7 rings (SSSR count). The SMILES string of the molecule is C=CCCC[C@]1(C)NC(=O)[C@H](CCC)NC(=O)[C@H](CC2CCC(O)CC2)NC(=O)[C@H](CCC(=O)O)NC(=O)[C@](C)(CCCC=C)NC(=O)[C@H](CC2CNC3NCCCC23)NC(=O)[C@H]([C@@H](C)O)NC(=O)[C@H](CC2CNCN2)NC(=O)[C@H](CC2CCC(O)CC2)NC(=O)[C@H](C(C)(C)C)NC(=O)CCSCc2cccc(c2)CSC[C@@H](C(N)=O)CC1=O. The van der Waals surface area contributed by atoms with Crippen molar-refractivity contribution in [1.29, 1.82) is 0 Å². The number of nitrogens with two attached hydrogens (primary N) is 1. The zero-order chi connectivity index (χ0) is 87.2. The molecular formula is C85H137N15O17S2. The number of aliphatic carboxylic acids is 1. The number of carboxylic acids is 1. The summed E-state index contributed by atoms with van der Waals surface area (Å²) in [5.41, 5.74) is 3.43. The molecule has 4 heterocycles. The molecule has 0 aromatic heterocycles. The molecule has 4 aliphatic heterocycles. The first-order chi connectivity index (χ1) is 56.5. The van der Waals surface area contributed by atoms with Gasteiger partial charge in [0.2, 0.25) is 65.0 Å². The number of fused-ring (bicyclic) bond motifs is 3. The third-order valence-electron chi connectivity index (χ3n) is 24.2. The van der Waals surface area contributed by atoms with E-state index in [0.717, 1.165) is 30.5 Å². The smallest absolute Gasteiger partial charge is 0.303 e. The van der Waals surface area contributed by atoms with Crippen LogP contribution in [0.1, 0.15) is 227 Å². The highest BCUT2D eigenvalue weighted by molar-refractivity contribution is 7.98. The summed E-state index contributed by atoms with van der Waals surface area (Å²) in [6, 6.07) is -4.23. The van der Waals surface area contributed by atoms with Crippen molar-refractivity contribution in [2.45, 2.75) is 317 Å². The Labute approximate surface area is 709 Å². The number of Topliss-reactive ketones (excluding diaryl/α,β-unsaturated/α-hetero) is 1. The van der Waals surface area contributed by atoms with E-state index in [2.05, 4.69) is 87.6 Å². The Morgan fingerprint density at radius 2 is 1.15 bits per heavy atom. The summed E-state index contributed by atoms with van der Waals surface area (Å²) in [6.45, 7) is 20.9. The lowest BCUT2D eigenvalue weighted by molar-refractivity contribution is -0.140. The van der Waals surface area contributed by atoms with Crippen molar-refractivity contribution in [2.75, 3.05) is 37.8 Å². The van der Waals surface area contributed by atoms with E-state index in [1.54, 1.807) is 46.8 Å². The summed E-state index contributed by atoms with van der Waals surface area (Å²) in [4.78, 5) is 191. The number of hydrogen-bond acceptors (Lipinski definition) is 22. The van der Waals surface area contributed by atoms with Crippen molar-refractivity contribution in [3.05, 3.63) is 60.7 Å². The van der Waals surface area contributed by atoms with Gasteiger partial charge in [-0.3, -0.25) is 62.3 Å². The number of ketones is 1. The van der Waals surface area contributed by atoms with Crippen molar-refractivity contribution >= 4 is 100 Å². The van der Waals surface area contributed by atoms with Gasteiger partial charge < -0.3 is 101 Å². The molecule has 32 nitrogen and oxygen atoms in total. The minimum absolute atomic E-state index is 0.0169. The maximum atomic E-state index is 15.6. The third kappa shape index (κ3) is 31.7. The van der Waals surface area contributed by atoms with Crippen LogP contribution in [0.2, 0.25) is 0 Å². The Hall–Kier alpha value is -7.57. The second-order valence-electron chi connectivity index (χ2n) is 35.2. The lowest BCUT2D eigenvalue weighted by atomic mass is 9.82. The third-order valence-corrected chi connectivity index (χ3v) is 26.4. The first-order valence-corrected chi connectivity index (χ1v) is 45.3. The maximum absolute atomic E-state index is 15.6. The van der Waals surface area contributed by atoms with E-state index >= 15 is 33.6 Å². The number of allylic oxidation sites excluding steroid dienone is 2. The molecule has 6 aliphatic rings. The number of amides is 11. The Kier molecular flexibility index (Phi) is 40.0. The zero-order valence-electron chi connectivity index (χ0n) is 70.8. The molecular weight excluding hydrogens is 1570 g/mol. The number of unbranched alkanes of at least 4 members (excludes halogenated alkanes) is 2. The van der Waals surface area contributed by atoms with Crippen LogP contribution >= 0.6 is 23.5 Å². The van der Waals surface area contributed by atoms with Gasteiger partial charge in [0, 0.05) is 61.5 Å². The normalized spacial score (nSPS) is 32.4. The zero-order valence-corrected chi connectivity index (χ0v) is 72.4. The first kappa shape index (κ1) is 98.5. The van der Waals surface area contributed by atoms with Crippen LogP contribution in [-0.2, 0) is 73.8 Å². The van der Waals surface area contributed by atoms with Crippen molar-refractivity contribution < 1.29 is 82.8 Å². The molecule has 1 aromatic rings. The highest BCUT2D eigenvalue weighted by Gasteiger charge is 2.47. The van der Waals surface area contributed by atoms with E-state index in [4.69, 9.17) is 5.73 Å². The summed E-state index contributed by atoms with van der Waals surface area (Å²) in [7, 11) is 0. The minimum Gasteiger partial charge on any atom is -0.481 e. The van der Waals surface area contributed by atoms with Gasteiger partial charge in [0.25, 0.3) is 0 Å². The van der Waals surface area contributed by atoms with E-state index in [1.807, 2.05) is 24.3 Å². The van der Waals surface area contributed by atoms with Crippen LogP contribution in [0.4, 0.5) is 0 Å². The van der Waals surface area contributed by atoms with Gasteiger partial charge in [0.1, 0.15) is 53.9 Å². The van der Waals surface area contributed by atoms with Crippen LogP contribution in [0, 0.1) is 35.0 Å². The molecule has 20 N–H and O–H groups in total. The van der Waals surface area contributed by atoms with Crippen LogP contribution < -0.4 is 80.2 Å². The molecule has 2 aliphatic carbocycles. The number of thioether (sulfide) groups is 2. The molecule has 16 atom stereocenters. The summed E-state index contributed by atoms with van der Waals surface area (Å²) in [6.07, 6.45) is 5.82. The van der Waals surface area contributed by atoms with E-state index in [0.29, 0.717) is 114 Å². The van der Waals surface area contributed by atoms with E-state index < -0.39 is 185 Å². The van der Waals surface area contributed by atoms with Crippen molar-refractivity contribution in [3.8, 4) is 0 Å². The molecule has 2 saturated carbocycles. The van der Waals surface area contributed by atoms with E-state index in [9.17, 15) is 49.2 Å². The quantitative estimate of drug-likeness (QED) is 0.0553. The average molecular weight is 1710 g/mol. The summed E-state index contributed by atoms with van der Waals surface area (Å²) in [5.74, 6) is -10.9. The van der Waals surface area contributed by atoms with Gasteiger partial charge in [-0.1, -0.05) is 70.5 Å². The number of rotatable bonds is 23. The largest absolute Gasteiger partial charge is 0.481 e. The molecule has 1 aromatic carbocycles. The second kappa shape index (κ2) is 48.3. The molecule has 0 spiro atoms. The molecule has 11 amide bonds. The molecule has 2 bridgehead atoms. The lowest BCUT2D eigenvalue weighted by Crippen LogP contribution is -2.65. The summed E-state index contributed by atoms with van der Waals surface area (Å²) in [5, 5.41) is 84.7. The van der Waals surface area contributed by atoms with Gasteiger partial charge in [-0.15, -0.1) is 13.2 Å². The van der Waals surface area contributed by atoms with Crippen LogP contribution in [0.3, 0.4) is 0 Å². The molecule has 666 valence electrons. The maximum Gasteiger partial charge on any atom is 0.303 e. The topological polar surface area (TPSA) is 497 Å². The molecule has 0 radical (unpaired) electrons. The molecule has 4 unspecified atom stereocenters. The number of benzene rings is 1. The minimum atomic E-state index is -1.96. The van der Waals surface area contributed by atoms with Crippen LogP contribution in [0.5, 0.6) is 0 Å². The van der Waals surface area contributed by atoms with Crippen molar-refractivity contribution in [3.63, 3.8) is 0 Å². The standard InChI is InChI=1S/C85H137N15O17S2/c1-10-13-15-34-84(8)67(104)42-56(72(86)108)48-119-47-54-21-17-20-53(38-54)46-118-37-33-68(105)97-71(83(5,6)7)81(116)95-64(40-52-25-29-59(103)30-26-52)76(111)93-66(43-57-45-87-49-90-57)77(112)98-70(50(4)101)80(115)94-65(41-55-44-89-73-60(55)22-18-36-88-73)79(114)100-85(9,35-16-14-11-2)82(117)96-62(31-32-69(106)107)74(109)92-63(39-51-23-27-58(102)28-24-51)75(110)91-61(19-12-3)78(113)99-84/h10-11,17,20-21,38,50-52,55-66,70-71,73,87-90,101-103H,1-2,12-16,18-19,22-37,39-49H2,3-9H3,(H2,86,108)(H,91,110)(H,92,109)(H,93,111)(H,94,115)(H,95,116)(H,96,117)(H,97,105)(H,98,112)(H,99,113)(H,100,114)(H,106,107)/t50-,51?,52?,55?,56+,57?,58?,59?,60?,61+,62+,63+,64+,65+,66+,70+,71-,73?,84+,85+/m1/s1. The predicted molar refractivity (Wildman–Crippen MR) is 455 cm³/mol. The Morgan fingerprint density at radius 3 is 1.71 bits per heavy atom. The number of aliphatic hydroxyl groups excluding tert-OH is 3. The van der Waals surface area contributed by atoms with E-state index in [-0.39, 0.29) is 99.8 Å². The average Bonchev–Trinajstić information content (AvgIpc) is 1.80. The monoisotopic (exact) mass is 1700 g/mol.